The van der Waals surface area contributed by atoms with Crippen LogP contribution in [0.3, 0.4) is 0 Å². The third-order valence-electron chi connectivity index (χ3n) is 3.36. The molecular formula is C14H13Br2NS. The highest BCUT2D eigenvalue weighted by Gasteiger charge is 2.23. The Morgan fingerprint density at radius 3 is 3.00 bits per heavy atom. The minimum absolute atomic E-state index is 0.498. The Morgan fingerprint density at radius 1 is 1.33 bits per heavy atom. The van der Waals surface area contributed by atoms with Gasteiger partial charge in [-0.1, -0.05) is 28.1 Å². The number of hydrogen-bond donors (Lipinski definition) is 1. The zero-order valence-electron chi connectivity index (χ0n) is 9.75. The van der Waals surface area contributed by atoms with Gasteiger partial charge in [-0.25, -0.2) is 0 Å². The number of rotatable bonds is 3. The fraction of sp³-hybridized carbons (Fsp3) is 0.286. The summed E-state index contributed by atoms with van der Waals surface area (Å²) in [6.45, 7) is 0.951. The fourth-order valence-corrected chi connectivity index (χ4v) is 4.47. The van der Waals surface area contributed by atoms with Crippen molar-refractivity contribution in [2.75, 3.05) is 0 Å². The predicted molar refractivity (Wildman–Crippen MR) is 84.1 cm³/mol. The van der Waals surface area contributed by atoms with Gasteiger partial charge in [0.1, 0.15) is 0 Å². The quantitative estimate of drug-likeness (QED) is 0.778. The van der Waals surface area contributed by atoms with Crippen molar-refractivity contribution in [3.05, 3.63) is 54.6 Å². The largest absolute Gasteiger partial charge is 0.305 e. The van der Waals surface area contributed by atoms with Crippen LogP contribution in [0.1, 0.15) is 28.5 Å². The van der Waals surface area contributed by atoms with Gasteiger partial charge in [-0.05, 0) is 52.0 Å². The van der Waals surface area contributed by atoms with E-state index in [9.17, 15) is 0 Å². The smallest absolute Gasteiger partial charge is 0.0329 e. The normalized spacial score (nSPS) is 18.0. The molecule has 0 spiro atoms. The van der Waals surface area contributed by atoms with Crippen molar-refractivity contribution in [2.45, 2.75) is 25.4 Å². The summed E-state index contributed by atoms with van der Waals surface area (Å²) in [5.41, 5.74) is 2.93. The lowest BCUT2D eigenvalue weighted by atomic mass is 10.1. The Kier molecular flexibility index (Phi) is 3.89. The molecule has 1 aliphatic rings. The first kappa shape index (κ1) is 12.9. The second kappa shape index (κ2) is 5.45. The van der Waals surface area contributed by atoms with Crippen molar-refractivity contribution in [1.29, 1.82) is 0 Å². The molecule has 1 unspecified atom stereocenters. The second-order valence-electron chi connectivity index (χ2n) is 4.51. The molecule has 0 aliphatic heterocycles. The van der Waals surface area contributed by atoms with Crippen molar-refractivity contribution in [3.8, 4) is 0 Å². The van der Waals surface area contributed by atoms with Gasteiger partial charge < -0.3 is 5.32 Å². The van der Waals surface area contributed by atoms with Gasteiger partial charge >= 0.3 is 0 Å². The molecule has 18 heavy (non-hydrogen) atoms. The van der Waals surface area contributed by atoms with Crippen LogP contribution in [0, 0.1) is 0 Å². The molecule has 94 valence electrons. The summed E-state index contributed by atoms with van der Waals surface area (Å²) in [6.07, 6.45) is 2.37. The predicted octanol–water partition coefficient (Wildman–Crippen LogP) is 5.05. The highest BCUT2D eigenvalue weighted by Crippen LogP contribution is 2.35. The van der Waals surface area contributed by atoms with Crippen LogP contribution in [0.4, 0.5) is 0 Å². The number of thiophene rings is 1. The van der Waals surface area contributed by atoms with Crippen molar-refractivity contribution in [2.24, 2.45) is 0 Å². The van der Waals surface area contributed by atoms with E-state index in [4.69, 9.17) is 0 Å². The molecule has 4 heteroatoms. The lowest BCUT2D eigenvalue weighted by Gasteiger charge is -2.13. The fourth-order valence-electron chi connectivity index (χ4n) is 2.49. The van der Waals surface area contributed by atoms with Gasteiger partial charge in [-0.2, -0.15) is 0 Å². The third-order valence-corrected chi connectivity index (χ3v) is 5.80. The first-order chi connectivity index (χ1) is 8.74. The van der Waals surface area contributed by atoms with Gasteiger partial charge in [-0.15, -0.1) is 11.3 Å². The van der Waals surface area contributed by atoms with Gasteiger partial charge in [0.05, 0.1) is 0 Å². The summed E-state index contributed by atoms with van der Waals surface area (Å²) < 4.78 is 2.43. The van der Waals surface area contributed by atoms with Gasteiger partial charge in [0.15, 0.2) is 0 Å². The molecule has 1 N–H and O–H groups in total. The number of hydrogen-bond acceptors (Lipinski definition) is 2. The molecule has 1 aromatic carbocycles. The summed E-state index contributed by atoms with van der Waals surface area (Å²) in [6, 6.07) is 9.20. The topological polar surface area (TPSA) is 12.0 Å². The molecule has 1 nitrogen and oxygen atoms in total. The average Bonchev–Trinajstić information content (AvgIpc) is 2.94. The lowest BCUT2D eigenvalue weighted by Crippen LogP contribution is -2.17. The number of nitrogens with one attached hydrogen (secondary N) is 1. The minimum Gasteiger partial charge on any atom is -0.305 e. The standard InChI is InChI=1S/C14H13Br2NS/c15-9-6-10(18-8-9)7-17-14-5-4-11-12(14)2-1-3-13(11)16/h1-3,6,8,14,17H,4-5,7H2. The van der Waals surface area contributed by atoms with E-state index in [1.54, 1.807) is 11.3 Å². The van der Waals surface area contributed by atoms with Gasteiger partial charge in [0, 0.05) is 31.8 Å². The highest BCUT2D eigenvalue weighted by atomic mass is 79.9. The van der Waals surface area contributed by atoms with Crippen LogP contribution < -0.4 is 5.32 Å². The summed E-state index contributed by atoms with van der Waals surface area (Å²) in [5.74, 6) is 0. The van der Waals surface area contributed by atoms with E-state index >= 15 is 0 Å². The van der Waals surface area contributed by atoms with E-state index in [0.29, 0.717) is 6.04 Å². The van der Waals surface area contributed by atoms with E-state index in [1.807, 2.05) is 0 Å². The second-order valence-corrected chi connectivity index (χ2v) is 7.28. The summed E-state index contributed by atoms with van der Waals surface area (Å²) >= 11 is 8.94. The maximum Gasteiger partial charge on any atom is 0.0329 e. The first-order valence-corrected chi connectivity index (χ1v) is 8.44. The molecule has 0 fully saturated rings. The number of benzene rings is 1. The highest BCUT2D eigenvalue weighted by molar-refractivity contribution is 9.10. The van der Waals surface area contributed by atoms with Crippen LogP contribution in [-0.2, 0) is 13.0 Å². The summed E-state index contributed by atoms with van der Waals surface area (Å²) in [5, 5.41) is 5.80. The van der Waals surface area contributed by atoms with Crippen molar-refractivity contribution in [1.82, 2.24) is 5.32 Å². The molecule has 0 bridgehead atoms. The van der Waals surface area contributed by atoms with Gasteiger partial charge in [0.2, 0.25) is 0 Å². The minimum atomic E-state index is 0.498. The zero-order chi connectivity index (χ0) is 12.5. The molecule has 0 saturated heterocycles. The van der Waals surface area contributed by atoms with Crippen LogP contribution in [0.5, 0.6) is 0 Å². The summed E-state index contributed by atoms with van der Waals surface area (Å²) in [7, 11) is 0. The monoisotopic (exact) mass is 385 g/mol. The van der Waals surface area contributed by atoms with Crippen molar-refractivity contribution < 1.29 is 0 Å². The molecule has 3 rings (SSSR count). The van der Waals surface area contributed by atoms with E-state index in [2.05, 4.69) is 66.8 Å². The Labute approximate surface area is 128 Å². The molecule has 1 aliphatic carbocycles. The van der Waals surface area contributed by atoms with E-state index < -0.39 is 0 Å². The third kappa shape index (κ3) is 2.57. The molecule has 1 atom stereocenters. The number of halogens is 2. The summed E-state index contributed by atoms with van der Waals surface area (Å²) in [4.78, 5) is 1.38. The molecule has 1 heterocycles. The average molecular weight is 387 g/mol. The lowest BCUT2D eigenvalue weighted by molar-refractivity contribution is 0.533. The van der Waals surface area contributed by atoms with Crippen LogP contribution in [0.15, 0.2) is 38.6 Å². The van der Waals surface area contributed by atoms with E-state index in [0.717, 1.165) is 6.54 Å². The SMILES string of the molecule is Brc1csc(CNC2CCc3c(Br)cccc32)c1. The Morgan fingerprint density at radius 2 is 2.22 bits per heavy atom. The van der Waals surface area contributed by atoms with Crippen molar-refractivity contribution >= 4 is 43.2 Å². The molecule has 0 amide bonds. The first-order valence-electron chi connectivity index (χ1n) is 5.97. The maximum atomic E-state index is 3.66. The van der Waals surface area contributed by atoms with E-state index in [1.165, 1.54) is 37.8 Å². The molecule has 2 aromatic rings. The maximum absolute atomic E-state index is 3.66. The Balaban J connectivity index is 1.71. The van der Waals surface area contributed by atoms with Gasteiger partial charge in [-0.3, -0.25) is 0 Å². The van der Waals surface area contributed by atoms with E-state index in [-0.39, 0.29) is 0 Å². The van der Waals surface area contributed by atoms with Crippen LogP contribution in [0.2, 0.25) is 0 Å². The Bertz CT molecular complexity index is 565. The van der Waals surface area contributed by atoms with Crippen LogP contribution in [0.25, 0.3) is 0 Å². The number of fused-ring (bicyclic) bond motifs is 1. The molecular weight excluding hydrogens is 374 g/mol. The van der Waals surface area contributed by atoms with Crippen LogP contribution in [-0.4, -0.2) is 0 Å². The molecule has 1 aromatic heterocycles. The molecule has 0 radical (unpaired) electrons. The Hall–Kier alpha value is -0.160. The van der Waals surface area contributed by atoms with Crippen molar-refractivity contribution in [3.63, 3.8) is 0 Å². The van der Waals surface area contributed by atoms with Gasteiger partial charge in [0.25, 0.3) is 0 Å². The zero-order valence-corrected chi connectivity index (χ0v) is 13.7. The van der Waals surface area contributed by atoms with Crippen LogP contribution >= 0.6 is 43.2 Å². The molecule has 0 saturated carbocycles.